The number of benzene rings is 1. The molecule has 0 saturated heterocycles. The van der Waals surface area contributed by atoms with E-state index in [1.54, 1.807) is 7.11 Å². The van der Waals surface area contributed by atoms with Gasteiger partial charge in [0.1, 0.15) is 11.5 Å². The molecule has 1 aromatic carbocycles. The number of methoxy groups -OCH3 is 1. The van der Waals surface area contributed by atoms with Gasteiger partial charge < -0.3 is 9.84 Å². The highest BCUT2D eigenvalue weighted by molar-refractivity contribution is 5.79. The van der Waals surface area contributed by atoms with Gasteiger partial charge in [-0.1, -0.05) is 45.9 Å². The highest BCUT2D eigenvalue weighted by Crippen LogP contribution is 2.65. The van der Waals surface area contributed by atoms with E-state index in [2.05, 4.69) is 13.8 Å². The van der Waals surface area contributed by atoms with Gasteiger partial charge in [0.2, 0.25) is 0 Å². The summed E-state index contributed by atoms with van der Waals surface area (Å²) in [6.45, 7) is 8.85. The number of ketones is 1. The molecule has 7 unspecified atom stereocenters. The van der Waals surface area contributed by atoms with Gasteiger partial charge in [-0.2, -0.15) is 0 Å². The summed E-state index contributed by atoms with van der Waals surface area (Å²) in [4.78, 5) is 11.9. The quantitative estimate of drug-likeness (QED) is 0.542. The van der Waals surface area contributed by atoms with E-state index < -0.39 is 0 Å². The fraction of sp³-hybridized carbons (Fsp3) is 0.750. The summed E-state index contributed by atoms with van der Waals surface area (Å²) >= 11 is 0. The third-order valence-corrected chi connectivity index (χ3v) is 9.41. The normalized spacial score (nSPS) is 40.7. The van der Waals surface area contributed by atoms with Crippen molar-refractivity contribution in [2.45, 2.75) is 91.6 Å². The molecule has 3 heteroatoms. The van der Waals surface area contributed by atoms with Crippen molar-refractivity contribution in [3.63, 3.8) is 0 Å². The third kappa shape index (κ3) is 4.58. The predicted octanol–water partition coefficient (Wildman–Crippen LogP) is 6.68. The van der Waals surface area contributed by atoms with E-state index in [0.717, 1.165) is 49.2 Å². The first-order valence-corrected chi connectivity index (χ1v) is 12.7. The molecule has 0 bridgehead atoms. The zero-order chi connectivity index (χ0) is 22.6. The first-order valence-electron chi connectivity index (χ1n) is 12.7. The van der Waals surface area contributed by atoms with Crippen LogP contribution < -0.4 is 4.74 Å². The largest absolute Gasteiger partial charge is 0.497 e. The van der Waals surface area contributed by atoms with Gasteiger partial charge in [-0.15, -0.1) is 0 Å². The van der Waals surface area contributed by atoms with Gasteiger partial charge in [-0.05, 0) is 91.6 Å². The first kappa shape index (κ1) is 24.3. The molecule has 0 aromatic heterocycles. The van der Waals surface area contributed by atoms with Gasteiger partial charge in [0.25, 0.3) is 0 Å². The summed E-state index contributed by atoms with van der Waals surface area (Å²) in [6, 6.07) is 9.68. The van der Waals surface area contributed by atoms with Gasteiger partial charge in [0.05, 0.1) is 13.2 Å². The number of carbonyl (C=O) groups is 1. The second kappa shape index (κ2) is 10.1. The molecule has 0 amide bonds. The Morgan fingerprint density at radius 2 is 1.58 bits per heavy atom. The molecule has 4 aliphatic carbocycles. The molecule has 0 aliphatic heterocycles. The Kier molecular flexibility index (Phi) is 7.89. The van der Waals surface area contributed by atoms with E-state index in [4.69, 9.17) is 4.74 Å². The van der Waals surface area contributed by atoms with Crippen LogP contribution >= 0.6 is 0 Å². The maximum atomic E-state index is 11.9. The van der Waals surface area contributed by atoms with Gasteiger partial charge in [-0.25, -0.2) is 0 Å². The number of fused-ring (bicyclic) bond motifs is 5. The highest BCUT2D eigenvalue weighted by atomic mass is 16.5. The SMILES string of the molecule is CC.CC12CCC3C(CCC4CC(=O)CCC43C)C1CCC2O.COc1ccccc1. The molecule has 1 aromatic rings. The van der Waals surface area contributed by atoms with Crippen molar-refractivity contribution in [1.29, 1.82) is 0 Å². The number of ether oxygens (including phenoxy) is 1. The van der Waals surface area contributed by atoms with E-state index in [9.17, 15) is 9.90 Å². The smallest absolute Gasteiger partial charge is 0.133 e. The van der Waals surface area contributed by atoms with Crippen LogP contribution in [0.4, 0.5) is 0 Å². The molecule has 4 fully saturated rings. The molecule has 4 aliphatic rings. The van der Waals surface area contributed by atoms with Crippen molar-refractivity contribution in [3.05, 3.63) is 30.3 Å². The lowest BCUT2D eigenvalue weighted by Gasteiger charge is -2.60. The number of para-hydroxylation sites is 1. The first-order chi connectivity index (χ1) is 14.9. The molecule has 3 nitrogen and oxygen atoms in total. The van der Waals surface area contributed by atoms with E-state index in [1.807, 2.05) is 44.2 Å². The van der Waals surface area contributed by atoms with Crippen molar-refractivity contribution >= 4 is 5.78 Å². The number of rotatable bonds is 1. The zero-order valence-electron chi connectivity index (χ0n) is 20.4. The summed E-state index contributed by atoms with van der Waals surface area (Å²) in [5.41, 5.74) is 0.598. The molecule has 174 valence electrons. The second-order valence-corrected chi connectivity index (χ2v) is 10.6. The zero-order valence-corrected chi connectivity index (χ0v) is 20.4. The number of aliphatic hydroxyl groups is 1. The van der Waals surface area contributed by atoms with Crippen molar-refractivity contribution < 1.29 is 14.6 Å². The van der Waals surface area contributed by atoms with Crippen LogP contribution in [0.2, 0.25) is 0 Å². The summed E-state index contributed by atoms with van der Waals surface area (Å²) in [5.74, 6) is 4.43. The Hall–Kier alpha value is -1.35. The molecule has 1 N–H and O–H groups in total. The number of carbonyl (C=O) groups excluding carboxylic acids is 1. The summed E-state index contributed by atoms with van der Waals surface area (Å²) < 4.78 is 4.91. The maximum absolute atomic E-state index is 11.9. The summed E-state index contributed by atoms with van der Waals surface area (Å²) in [7, 11) is 1.66. The van der Waals surface area contributed by atoms with E-state index in [0.29, 0.717) is 17.1 Å². The molecule has 31 heavy (non-hydrogen) atoms. The van der Waals surface area contributed by atoms with Gasteiger partial charge in [0.15, 0.2) is 0 Å². The number of hydrogen-bond donors (Lipinski definition) is 1. The lowest BCUT2D eigenvalue weighted by molar-refractivity contribution is -0.141. The molecule has 5 rings (SSSR count). The number of hydrogen-bond acceptors (Lipinski definition) is 3. The summed E-state index contributed by atoms with van der Waals surface area (Å²) in [5, 5.41) is 10.5. The van der Waals surface area contributed by atoms with Crippen LogP contribution in [0, 0.1) is 34.5 Å². The molecular formula is C28H44O3. The average Bonchev–Trinajstić information content (AvgIpc) is 3.11. The average molecular weight is 429 g/mol. The van der Waals surface area contributed by atoms with E-state index >= 15 is 0 Å². The Labute approximate surface area is 190 Å². The lowest BCUT2D eigenvalue weighted by atomic mass is 9.45. The molecule has 0 radical (unpaired) electrons. The third-order valence-electron chi connectivity index (χ3n) is 9.41. The minimum Gasteiger partial charge on any atom is -0.497 e. The van der Waals surface area contributed by atoms with Crippen LogP contribution in [-0.4, -0.2) is 24.1 Å². The summed E-state index contributed by atoms with van der Waals surface area (Å²) in [6.07, 6.45) is 10.0. The standard InChI is InChI=1S/C19H30O2.C7H8O.C2H6/c1-18-9-7-13(20)11-12(18)3-4-14-15-5-6-17(21)19(15,2)10-8-16(14)18;1-8-7-5-3-2-4-6-7;1-2/h12,14-17,21H,3-11H2,1-2H3;2-6H,1H3;1-2H3. The fourth-order valence-corrected chi connectivity index (χ4v) is 7.57. The van der Waals surface area contributed by atoms with Crippen molar-refractivity contribution in [2.24, 2.45) is 34.5 Å². The van der Waals surface area contributed by atoms with Crippen LogP contribution in [0.25, 0.3) is 0 Å². The van der Waals surface area contributed by atoms with Crippen LogP contribution in [-0.2, 0) is 4.79 Å². The van der Waals surface area contributed by atoms with Crippen LogP contribution in [0.5, 0.6) is 5.75 Å². The number of aliphatic hydroxyl groups excluding tert-OH is 1. The minimum absolute atomic E-state index is 0.0677. The minimum atomic E-state index is -0.0677. The predicted molar refractivity (Wildman–Crippen MR) is 127 cm³/mol. The molecular weight excluding hydrogens is 384 g/mol. The molecule has 4 saturated carbocycles. The van der Waals surface area contributed by atoms with Crippen molar-refractivity contribution in [2.75, 3.05) is 7.11 Å². The second-order valence-electron chi connectivity index (χ2n) is 10.6. The van der Waals surface area contributed by atoms with Crippen molar-refractivity contribution in [1.82, 2.24) is 0 Å². The topological polar surface area (TPSA) is 46.5 Å². The highest BCUT2D eigenvalue weighted by Gasteiger charge is 2.59. The lowest BCUT2D eigenvalue weighted by Crippen LogP contribution is -2.54. The Bertz CT molecular complexity index is 716. The molecule has 0 heterocycles. The van der Waals surface area contributed by atoms with Crippen molar-refractivity contribution in [3.8, 4) is 5.75 Å². The van der Waals surface area contributed by atoms with Crippen LogP contribution in [0.3, 0.4) is 0 Å². The van der Waals surface area contributed by atoms with Gasteiger partial charge >= 0.3 is 0 Å². The molecule has 0 spiro atoms. The Balaban J connectivity index is 0.000000230. The molecule has 7 atom stereocenters. The van der Waals surface area contributed by atoms with E-state index in [1.165, 1.54) is 32.1 Å². The Morgan fingerprint density at radius 3 is 2.23 bits per heavy atom. The van der Waals surface area contributed by atoms with Gasteiger partial charge in [0, 0.05) is 12.8 Å². The monoisotopic (exact) mass is 428 g/mol. The van der Waals surface area contributed by atoms with E-state index in [-0.39, 0.29) is 11.5 Å². The van der Waals surface area contributed by atoms with Crippen LogP contribution in [0.15, 0.2) is 30.3 Å². The van der Waals surface area contributed by atoms with Crippen LogP contribution in [0.1, 0.15) is 85.5 Å². The number of Topliss-reactive ketones (excluding diaryl/α,β-unsaturated/α-hetero) is 1. The Morgan fingerprint density at radius 1 is 0.903 bits per heavy atom. The fourth-order valence-electron chi connectivity index (χ4n) is 7.57. The maximum Gasteiger partial charge on any atom is 0.133 e. The van der Waals surface area contributed by atoms with Gasteiger partial charge in [-0.3, -0.25) is 4.79 Å².